The van der Waals surface area contributed by atoms with E-state index in [0.717, 1.165) is 22.7 Å². The Morgan fingerprint density at radius 1 is 1.25 bits per heavy atom. The van der Waals surface area contributed by atoms with E-state index in [-0.39, 0.29) is 6.54 Å². The van der Waals surface area contributed by atoms with E-state index in [0.29, 0.717) is 34.8 Å². The molecule has 0 fully saturated rings. The normalized spacial score (nSPS) is 11.5. The monoisotopic (exact) mass is 457 g/mol. The number of halogens is 2. The molecule has 0 unspecified atom stereocenters. The van der Waals surface area contributed by atoms with Gasteiger partial charge in [0, 0.05) is 36.7 Å². The molecule has 0 aliphatic heterocycles. The molecule has 0 radical (unpaired) electrons. The fraction of sp³-hybridized carbons (Fsp3) is 0.261. The first-order chi connectivity index (χ1) is 15.2. The summed E-state index contributed by atoms with van der Waals surface area (Å²) in [5.74, 6) is 0.00532. The largest absolute Gasteiger partial charge is 0.324 e. The van der Waals surface area contributed by atoms with Crippen molar-refractivity contribution in [3.8, 4) is 0 Å². The number of nitrogens with zero attached hydrogens (tertiary/aromatic N) is 4. The molecule has 168 valence electrons. The lowest BCUT2D eigenvalue weighted by molar-refractivity contribution is -0.114. The minimum atomic E-state index is -0.618. The zero-order chi connectivity index (χ0) is 23.4. The van der Waals surface area contributed by atoms with Crippen LogP contribution in [0.15, 0.2) is 42.1 Å². The molecule has 9 heteroatoms. The van der Waals surface area contributed by atoms with E-state index in [2.05, 4.69) is 9.71 Å². The first-order valence-electron chi connectivity index (χ1n) is 9.88. The van der Waals surface area contributed by atoms with Gasteiger partial charge in [0.25, 0.3) is 0 Å². The summed E-state index contributed by atoms with van der Waals surface area (Å²) >= 11 is 1.38. The molecule has 0 atom stereocenters. The summed E-state index contributed by atoms with van der Waals surface area (Å²) in [6.45, 7) is 5.93. The third-order valence-corrected chi connectivity index (χ3v) is 5.12. The van der Waals surface area contributed by atoms with E-state index >= 15 is 0 Å². The lowest BCUT2D eigenvalue weighted by atomic mass is 10.1. The maximum absolute atomic E-state index is 14.4. The van der Waals surface area contributed by atoms with Crippen molar-refractivity contribution >= 4 is 40.8 Å². The fourth-order valence-electron chi connectivity index (χ4n) is 3.31. The SMILES string of the molecule is CSNc1nc(/C(C=C(C)C)=C/N(C)C=O)cc2c1nc(C)n2Cc1ccc(F)cc1F. The quantitative estimate of drug-likeness (QED) is 0.288. The number of carbonyl (C=O) groups is 1. The number of nitrogens with one attached hydrogen (secondary N) is 1. The van der Waals surface area contributed by atoms with Crippen LogP contribution < -0.4 is 4.72 Å². The molecule has 2 aromatic heterocycles. The molecule has 0 aliphatic carbocycles. The average molecular weight is 458 g/mol. The molecule has 3 rings (SSSR count). The maximum atomic E-state index is 14.4. The third kappa shape index (κ3) is 5.16. The Bertz CT molecular complexity index is 1210. The number of imidazole rings is 1. The second kappa shape index (κ2) is 9.95. The second-order valence-corrected chi connectivity index (χ2v) is 8.20. The molecule has 0 bridgehead atoms. The van der Waals surface area contributed by atoms with Gasteiger partial charge in [-0.05, 0) is 32.9 Å². The van der Waals surface area contributed by atoms with E-state index in [1.54, 1.807) is 13.2 Å². The van der Waals surface area contributed by atoms with E-state index < -0.39 is 11.6 Å². The van der Waals surface area contributed by atoms with Crippen molar-refractivity contribution in [1.82, 2.24) is 19.4 Å². The summed E-state index contributed by atoms with van der Waals surface area (Å²) in [5.41, 5.74) is 4.15. The van der Waals surface area contributed by atoms with Gasteiger partial charge < -0.3 is 14.2 Å². The van der Waals surface area contributed by atoms with Crippen molar-refractivity contribution in [3.63, 3.8) is 0 Å². The Kier molecular flexibility index (Phi) is 7.29. The molecule has 0 saturated carbocycles. The van der Waals surface area contributed by atoms with Gasteiger partial charge >= 0.3 is 0 Å². The van der Waals surface area contributed by atoms with Gasteiger partial charge in [-0.25, -0.2) is 18.7 Å². The number of hydrogen-bond donors (Lipinski definition) is 1. The second-order valence-electron chi connectivity index (χ2n) is 7.59. The Morgan fingerprint density at radius 3 is 2.62 bits per heavy atom. The number of aromatic nitrogens is 3. The topological polar surface area (TPSA) is 63.1 Å². The minimum absolute atomic E-state index is 0.187. The number of rotatable bonds is 8. The van der Waals surface area contributed by atoms with Gasteiger partial charge in [-0.1, -0.05) is 29.7 Å². The number of hydrogen-bond acceptors (Lipinski definition) is 5. The van der Waals surface area contributed by atoms with Gasteiger partial charge in [0.05, 0.1) is 17.8 Å². The third-order valence-electron chi connectivity index (χ3n) is 4.72. The van der Waals surface area contributed by atoms with Crippen LogP contribution in [0.4, 0.5) is 14.6 Å². The summed E-state index contributed by atoms with van der Waals surface area (Å²) in [7, 11) is 1.65. The molecule has 0 aliphatic rings. The van der Waals surface area contributed by atoms with Crippen LogP contribution in [0.25, 0.3) is 16.6 Å². The lowest BCUT2D eigenvalue weighted by Gasteiger charge is -2.13. The standard InChI is InChI=1S/C23H25F2N5OS/c1-14(2)8-17(11-29(4)13-31)20-10-21-22(23(27-20)28-32-5)26-15(3)30(21)12-16-6-7-18(24)9-19(16)25/h6-11,13H,12H2,1-5H3,(H,27,28)/b17-11+. The number of pyridine rings is 1. The Morgan fingerprint density at radius 2 is 2.00 bits per heavy atom. The number of amides is 1. The highest BCUT2D eigenvalue weighted by Gasteiger charge is 2.17. The van der Waals surface area contributed by atoms with Crippen molar-refractivity contribution < 1.29 is 13.6 Å². The van der Waals surface area contributed by atoms with Gasteiger partial charge in [-0.3, -0.25) is 4.79 Å². The highest BCUT2D eigenvalue weighted by molar-refractivity contribution is 7.99. The van der Waals surface area contributed by atoms with E-state index in [1.807, 2.05) is 43.7 Å². The highest BCUT2D eigenvalue weighted by atomic mass is 32.2. The number of allylic oxidation sites excluding steroid dienone is 3. The van der Waals surface area contributed by atoms with Crippen LogP contribution in [0.2, 0.25) is 0 Å². The number of carbonyl (C=O) groups excluding carboxylic acids is 1. The maximum Gasteiger partial charge on any atom is 0.213 e. The van der Waals surface area contributed by atoms with Crippen LogP contribution in [0.1, 0.15) is 30.9 Å². The van der Waals surface area contributed by atoms with Crippen molar-refractivity contribution in [2.75, 3.05) is 18.0 Å². The van der Waals surface area contributed by atoms with Gasteiger partial charge in [0.1, 0.15) is 23.0 Å². The van der Waals surface area contributed by atoms with Crippen LogP contribution in [-0.4, -0.2) is 39.1 Å². The Labute approximate surface area is 190 Å². The smallest absolute Gasteiger partial charge is 0.213 e. The highest BCUT2D eigenvalue weighted by Crippen LogP contribution is 2.29. The molecule has 2 heterocycles. The van der Waals surface area contributed by atoms with Crippen LogP contribution >= 0.6 is 11.9 Å². The van der Waals surface area contributed by atoms with Crippen molar-refractivity contribution in [2.45, 2.75) is 27.3 Å². The number of anilines is 1. The Balaban J connectivity index is 2.23. The van der Waals surface area contributed by atoms with E-state index in [9.17, 15) is 13.6 Å². The molecular weight excluding hydrogens is 432 g/mol. The van der Waals surface area contributed by atoms with Crippen LogP contribution in [-0.2, 0) is 11.3 Å². The van der Waals surface area contributed by atoms with Crippen molar-refractivity contribution in [2.24, 2.45) is 0 Å². The van der Waals surface area contributed by atoms with E-state index in [4.69, 9.17) is 4.98 Å². The van der Waals surface area contributed by atoms with Gasteiger partial charge in [-0.2, -0.15) is 0 Å². The minimum Gasteiger partial charge on any atom is -0.324 e. The lowest BCUT2D eigenvalue weighted by Crippen LogP contribution is -2.08. The van der Waals surface area contributed by atoms with Crippen LogP contribution in [0.3, 0.4) is 0 Å². The fourth-order valence-corrected chi connectivity index (χ4v) is 3.65. The van der Waals surface area contributed by atoms with Gasteiger partial charge in [0.15, 0.2) is 5.82 Å². The molecule has 0 saturated heterocycles. The summed E-state index contributed by atoms with van der Waals surface area (Å²) in [5, 5.41) is 0. The molecule has 32 heavy (non-hydrogen) atoms. The molecule has 6 nitrogen and oxygen atoms in total. The summed E-state index contributed by atoms with van der Waals surface area (Å²) < 4.78 is 32.7. The summed E-state index contributed by atoms with van der Waals surface area (Å²) in [6, 6.07) is 5.42. The van der Waals surface area contributed by atoms with Crippen molar-refractivity contribution in [3.05, 3.63) is 70.8 Å². The summed E-state index contributed by atoms with van der Waals surface area (Å²) in [6.07, 6.45) is 6.23. The van der Waals surface area contributed by atoms with E-state index in [1.165, 1.54) is 29.0 Å². The number of aryl methyl sites for hydroxylation is 1. The number of benzene rings is 1. The zero-order valence-electron chi connectivity index (χ0n) is 18.6. The van der Waals surface area contributed by atoms with Crippen molar-refractivity contribution in [1.29, 1.82) is 0 Å². The van der Waals surface area contributed by atoms with Crippen LogP contribution in [0.5, 0.6) is 0 Å². The zero-order valence-corrected chi connectivity index (χ0v) is 19.4. The predicted octanol–water partition coefficient (Wildman–Crippen LogP) is 5.15. The molecule has 1 N–H and O–H groups in total. The molecule has 0 spiro atoms. The van der Waals surface area contributed by atoms with Gasteiger partial charge in [0.2, 0.25) is 6.41 Å². The number of fused-ring (bicyclic) bond motifs is 1. The van der Waals surface area contributed by atoms with Gasteiger partial charge in [-0.15, -0.1) is 0 Å². The van der Waals surface area contributed by atoms with Crippen LogP contribution in [0, 0.1) is 18.6 Å². The first kappa shape index (κ1) is 23.5. The predicted molar refractivity (Wildman–Crippen MR) is 126 cm³/mol. The molecule has 1 amide bonds. The molecule has 1 aromatic carbocycles. The summed E-state index contributed by atoms with van der Waals surface area (Å²) in [4.78, 5) is 22.0. The first-order valence-corrected chi connectivity index (χ1v) is 11.1. The average Bonchev–Trinajstić information content (AvgIpc) is 3.04. The molecular formula is C23H25F2N5OS. The Hall–Kier alpha value is -3.20. The molecule has 3 aromatic rings.